The van der Waals surface area contributed by atoms with E-state index in [0.717, 1.165) is 32.1 Å². The molecule has 2 aliphatic rings. The van der Waals surface area contributed by atoms with Crippen LogP contribution in [0.15, 0.2) is 45.9 Å². The first-order valence-electron chi connectivity index (χ1n) is 10.9. The third-order valence-electron chi connectivity index (χ3n) is 6.55. The maximum atomic E-state index is 13.4. The van der Waals surface area contributed by atoms with Crippen molar-refractivity contribution in [1.82, 2.24) is 9.21 Å². The number of ketones is 1. The van der Waals surface area contributed by atoms with Gasteiger partial charge < -0.3 is 9.32 Å². The molecule has 1 aromatic carbocycles. The molecule has 1 aromatic heterocycles. The Morgan fingerprint density at radius 1 is 1.06 bits per heavy atom. The Balaban J connectivity index is 1.68. The number of Topliss-reactive ketones (excluding diaryl/α,β-unsaturated/α-hetero) is 1. The van der Waals surface area contributed by atoms with Crippen molar-refractivity contribution in [2.75, 3.05) is 20.1 Å². The number of hydrogen-bond acceptors (Lipinski definition) is 5. The molecule has 1 atom stereocenters. The van der Waals surface area contributed by atoms with Crippen molar-refractivity contribution in [1.29, 1.82) is 0 Å². The number of carbonyl (C=O) groups is 2. The van der Waals surface area contributed by atoms with Gasteiger partial charge in [-0.1, -0.05) is 36.2 Å². The second-order valence-corrected chi connectivity index (χ2v) is 10.7. The maximum Gasteiger partial charge on any atom is 0.290 e. The minimum Gasteiger partial charge on any atom is -0.438 e. The number of piperidine rings is 1. The summed E-state index contributed by atoms with van der Waals surface area (Å²) in [5.74, 6) is -0.756. The standard InChI is InChI=1S/C23H27ClN2O5S/c1-25(23(14-6-5-11-20(23)27)17-9-3-4-10-18(17)24)22(28)19-12-13-21(31-19)32(29,30)26-15-7-2-8-16-26/h3-4,9-10,12-13H,2,5-8,11,14-16H2,1H3. The van der Waals surface area contributed by atoms with Gasteiger partial charge in [0, 0.05) is 37.1 Å². The molecule has 0 bridgehead atoms. The smallest absolute Gasteiger partial charge is 0.290 e. The van der Waals surface area contributed by atoms with E-state index in [-0.39, 0.29) is 16.6 Å². The SMILES string of the molecule is CN(C(=O)c1ccc(S(=O)(=O)N2CCCCC2)o1)C1(c2ccccc2Cl)CCCCC1=O. The highest BCUT2D eigenvalue weighted by Crippen LogP contribution is 2.43. The van der Waals surface area contributed by atoms with Crippen LogP contribution in [0.5, 0.6) is 0 Å². The van der Waals surface area contributed by atoms with E-state index < -0.39 is 21.5 Å². The van der Waals surface area contributed by atoms with Gasteiger partial charge in [0.25, 0.3) is 15.9 Å². The van der Waals surface area contributed by atoms with E-state index in [9.17, 15) is 18.0 Å². The Hall–Kier alpha value is -2.16. The van der Waals surface area contributed by atoms with Crippen molar-refractivity contribution in [3.63, 3.8) is 0 Å². The molecule has 2 heterocycles. The summed E-state index contributed by atoms with van der Waals surface area (Å²) in [7, 11) is -2.25. The lowest BCUT2D eigenvalue weighted by Gasteiger charge is -2.43. The lowest BCUT2D eigenvalue weighted by atomic mass is 9.74. The van der Waals surface area contributed by atoms with Gasteiger partial charge in [-0.2, -0.15) is 4.31 Å². The molecule has 172 valence electrons. The van der Waals surface area contributed by atoms with Gasteiger partial charge in [0.15, 0.2) is 11.5 Å². The van der Waals surface area contributed by atoms with E-state index >= 15 is 0 Å². The predicted octanol–water partition coefficient (Wildman–Crippen LogP) is 4.22. The number of benzene rings is 1. The Morgan fingerprint density at radius 3 is 2.47 bits per heavy atom. The largest absolute Gasteiger partial charge is 0.438 e. The van der Waals surface area contributed by atoms with Gasteiger partial charge in [0.05, 0.1) is 0 Å². The minimum atomic E-state index is -3.80. The van der Waals surface area contributed by atoms with Crippen LogP contribution in [-0.4, -0.2) is 49.5 Å². The zero-order valence-corrected chi connectivity index (χ0v) is 19.6. The van der Waals surface area contributed by atoms with Crippen LogP contribution in [0.1, 0.15) is 61.1 Å². The first-order chi connectivity index (χ1) is 15.3. The third-order valence-corrected chi connectivity index (χ3v) is 8.65. The molecule has 0 radical (unpaired) electrons. The second kappa shape index (κ2) is 9.00. The molecule has 0 N–H and O–H groups in total. The Labute approximate surface area is 193 Å². The van der Waals surface area contributed by atoms with E-state index in [4.69, 9.17) is 16.0 Å². The van der Waals surface area contributed by atoms with Gasteiger partial charge >= 0.3 is 0 Å². The van der Waals surface area contributed by atoms with Crippen molar-refractivity contribution in [2.24, 2.45) is 0 Å². The number of halogens is 1. The molecule has 1 unspecified atom stereocenters. The summed E-state index contributed by atoms with van der Waals surface area (Å²) in [5, 5.41) is 0.160. The number of hydrogen-bond donors (Lipinski definition) is 0. The molecule has 1 saturated carbocycles. The van der Waals surface area contributed by atoms with E-state index in [2.05, 4.69) is 0 Å². The number of likely N-dealkylation sites (N-methyl/N-ethyl adjacent to an activating group) is 1. The van der Waals surface area contributed by atoms with Crippen molar-refractivity contribution >= 4 is 33.3 Å². The van der Waals surface area contributed by atoms with Gasteiger partial charge in [-0.05, 0) is 50.3 Å². The zero-order valence-electron chi connectivity index (χ0n) is 18.0. The van der Waals surface area contributed by atoms with Crippen molar-refractivity contribution in [3.05, 3.63) is 52.7 Å². The Morgan fingerprint density at radius 2 is 1.78 bits per heavy atom. The summed E-state index contributed by atoms with van der Waals surface area (Å²) >= 11 is 6.46. The molecule has 2 aromatic rings. The van der Waals surface area contributed by atoms with Gasteiger partial charge in [0.1, 0.15) is 5.54 Å². The maximum absolute atomic E-state index is 13.4. The Bertz CT molecular complexity index is 1120. The molecule has 4 rings (SSSR count). The van der Waals surface area contributed by atoms with Crippen LogP contribution < -0.4 is 0 Å². The minimum absolute atomic E-state index is 0.0829. The molecule has 2 fully saturated rings. The Kier molecular flexibility index (Phi) is 6.47. The summed E-state index contributed by atoms with van der Waals surface area (Å²) in [6.45, 7) is 0.882. The van der Waals surface area contributed by atoms with Crippen molar-refractivity contribution < 1.29 is 22.4 Å². The highest BCUT2D eigenvalue weighted by Gasteiger charge is 2.48. The fourth-order valence-corrected chi connectivity index (χ4v) is 6.49. The summed E-state index contributed by atoms with van der Waals surface area (Å²) in [4.78, 5) is 28.0. The molecule has 7 nitrogen and oxygen atoms in total. The lowest BCUT2D eigenvalue weighted by molar-refractivity contribution is -0.132. The number of nitrogens with zero attached hydrogens (tertiary/aromatic N) is 2. The summed E-state index contributed by atoms with van der Waals surface area (Å²) in [6.07, 6.45) is 4.91. The predicted molar refractivity (Wildman–Crippen MR) is 120 cm³/mol. The average Bonchev–Trinajstić information content (AvgIpc) is 3.31. The molecule has 1 aliphatic heterocycles. The van der Waals surface area contributed by atoms with Crippen LogP contribution in [0.2, 0.25) is 5.02 Å². The quantitative estimate of drug-likeness (QED) is 0.642. The molecular formula is C23H27ClN2O5S. The van der Waals surface area contributed by atoms with E-state index in [1.54, 1.807) is 31.3 Å². The number of rotatable bonds is 5. The van der Waals surface area contributed by atoms with Crippen LogP contribution in [0, 0.1) is 0 Å². The topological polar surface area (TPSA) is 87.9 Å². The second-order valence-electron chi connectivity index (χ2n) is 8.42. The van der Waals surface area contributed by atoms with Crippen LogP contribution in [0.25, 0.3) is 0 Å². The summed E-state index contributed by atoms with van der Waals surface area (Å²) < 4.78 is 32.8. The molecule has 1 aliphatic carbocycles. The highest BCUT2D eigenvalue weighted by molar-refractivity contribution is 7.89. The fraction of sp³-hybridized carbons (Fsp3) is 0.478. The van der Waals surface area contributed by atoms with Gasteiger partial charge in [-0.25, -0.2) is 8.42 Å². The number of amides is 1. The summed E-state index contributed by atoms with van der Waals surface area (Å²) in [6, 6.07) is 9.72. The van der Waals surface area contributed by atoms with E-state index in [1.165, 1.54) is 21.3 Å². The van der Waals surface area contributed by atoms with Gasteiger partial charge in [0.2, 0.25) is 5.09 Å². The molecule has 1 amide bonds. The molecular weight excluding hydrogens is 452 g/mol. The zero-order chi connectivity index (χ0) is 22.9. The molecule has 32 heavy (non-hydrogen) atoms. The first-order valence-corrected chi connectivity index (χ1v) is 12.8. The van der Waals surface area contributed by atoms with Crippen LogP contribution >= 0.6 is 11.6 Å². The molecule has 0 spiro atoms. The number of carbonyl (C=O) groups excluding carboxylic acids is 2. The van der Waals surface area contributed by atoms with Gasteiger partial charge in [-0.3, -0.25) is 9.59 Å². The van der Waals surface area contributed by atoms with Crippen LogP contribution in [0.4, 0.5) is 0 Å². The normalized spacial score (nSPS) is 22.6. The van der Waals surface area contributed by atoms with Crippen LogP contribution in [-0.2, 0) is 20.4 Å². The lowest BCUT2D eigenvalue weighted by Crippen LogP contribution is -2.54. The third kappa shape index (κ3) is 3.89. The molecule has 9 heteroatoms. The first kappa shape index (κ1) is 23.0. The van der Waals surface area contributed by atoms with E-state index in [1.807, 2.05) is 0 Å². The summed E-state index contributed by atoms with van der Waals surface area (Å²) in [5.41, 5.74) is -0.637. The monoisotopic (exact) mass is 478 g/mol. The van der Waals surface area contributed by atoms with E-state index in [0.29, 0.717) is 36.5 Å². The van der Waals surface area contributed by atoms with Crippen LogP contribution in [0.3, 0.4) is 0 Å². The number of sulfonamides is 1. The fourth-order valence-electron chi connectivity index (χ4n) is 4.77. The van der Waals surface area contributed by atoms with Gasteiger partial charge in [-0.15, -0.1) is 0 Å². The number of furan rings is 1. The average molecular weight is 479 g/mol. The highest BCUT2D eigenvalue weighted by atomic mass is 35.5. The molecule has 1 saturated heterocycles. The van der Waals surface area contributed by atoms with Crippen molar-refractivity contribution in [2.45, 2.75) is 55.6 Å². The van der Waals surface area contributed by atoms with Crippen molar-refractivity contribution in [3.8, 4) is 0 Å².